The Kier molecular flexibility index (Phi) is 5.97. The van der Waals surface area contributed by atoms with Crippen LogP contribution >= 0.6 is 34.8 Å². The molecule has 0 aromatic heterocycles. The molecule has 3 atom stereocenters. The van der Waals surface area contributed by atoms with Crippen molar-refractivity contribution in [2.24, 2.45) is 0 Å². The van der Waals surface area contributed by atoms with E-state index in [1.54, 1.807) is 24.3 Å². The molecule has 0 spiro atoms. The molecule has 1 aliphatic rings. The molecule has 4 nitrogen and oxygen atoms in total. The average molecular weight is 366 g/mol. The standard InChI is InChI=1S/C15H19Cl3N2O2/c1-10-8-20(9-11(2)22-10)14(15(16,17)18)19-13(21)12-6-4-3-5-7-12/h3-7,10-11,14H,8-9H2,1-2H3,(H,19,21)/t10-,11-,14+/m1/s1. The third-order valence-electron chi connectivity index (χ3n) is 3.43. The molecular formula is C15H19Cl3N2O2. The van der Waals surface area contributed by atoms with Gasteiger partial charge in [-0.1, -0.05) is 53.0 Å². The fraction of sp³-hybridized carbons (Fsp3) is 0.533. The summed E-state index contributed by atoms with van der Waals surface area (Å²) in [6, 6.07) is 8.86. The van der Waals surface area contributed by atoms with Crippen LogP contribution in [0.5, 0.6) is 0 Å². The van der Waals surface area contributed by atoms with Crippen LogP contribution in [0.4, 0.5) is 0 Å². The van der Waals surface area contributed by atoms with Crippen LogP contribution in [-0.2, 0) is 4.74 Å². The molecule has 22 heavy (non-hydrogen) atoms. The molecule has 1 aromatic rings. The predicted molar refractivity (Wildman–Crippen MR) is 89.6 cm³/mol. The van der Waals surface area contributed by atoms with Gasteiger partial charge >= 0.3 is 0 Å². The van der Waals surface area contributed by atoms with Crippen molar-refractivity contribution in [3.63, 3.8) is 0 Å². The van der Waals surface area contributed by atoms with Gasteiger partial charge < -0.3 is 10.1 Å². The lowest BCUT2D eigenvalue weighted by Crippen LogP contribution is -2.60. The monoisotopic (exact) mass is 364 g/mol. The molecule has 1 aliphatic heterocycles. The Bertz CT molecular complexity index is 497. The fourth-order valence-corrected chi connectivity index (χ4v) is 3.18. The van der Waals surface area contributed by atoms with Crippen LogP contribution in [0.15, 0.2) is 30.3 Å². The Labute approximate surface area is 145 Å². The summed E-state index contributed by atoms with van der Waals surface area (Å²) in [6.45, 7) is 5.07. The van der Waals surface area contributed by atoms with Gasteiger partial charge in [0.15, 0.2) is 0 Å². The number of ether oxygens (including phenoxy) is 1. The highest BCUT2D eigenvalue weighted by Crippen LogP contribution is 2.33. The molecule has 0 bridgehead atoms. The predicted octanol–water partition coefficient (Wildman–Crippen LogP) is 3.22. The van der Waals surface area contributed by atoms with Crippen molar-refractivity contribution < 1.29 is 9.53 Å². The summed E-state index contributed by atoms with van der Waals surface area (Å²) >= 11 is 18.3. The van der Waals surface area contributed by atoms with Crippen molar-refractivity contribution in [3.05, 3.63) is 35.9 Å². The van der Waals surface area contributed by atoms with E-state index in [-0.39, 0.29) is 18.1 Å². The number of carbonyl (C=O) groups is 1. The minimum Gasteiger partial charge on any atom is -0.373 e. The van der Waals surface area contributed by atoms with Crippen molar-refractivity contribution in [1.29, 1.82) is 0 Å². The van der Waals surface area contributed by atoms with Crippen LogP contribution in [0.1, 0.15) is 24.2 Å². The number of hydrogen-bond donors (Lipinski definition) is 1. The number of morpholine rings is 1. The zero-order valence-electron chi connectivity index (χ0n) is 12.4. The molecule has 1 fully saturated rings. The van der Waals surface area contributed by atoms with Gasteiger partial charge in [0, 0.05) is 18.7 Å². The molecule has 1 saturated heterocycles. The lowest BCUT2D eigenvalue weighted by molar-refractivity contribution is -0.0826. The number of alkyl halides is 3. The second-order valence-corrected chi connectivity index (χ2v) is 7.86. The normalized spacial score (nSPS) is 24.8. The molecule has 1 amide bonds. The summed E-state index contributed by atoms with van der Waals surface area (Å²) in [7, 11) is 0. The maximum absolute atomic E-state index is 12.4. The summed E-state index contributed by atoms with van der Waals surface area (Å²) in [4.78, 5) is 14.3. The first-order chi connectivity index (χ1) is 10.3. The van der Waals surface area contributed by atoms with Crippen LogP contribution in [0.3, 0.4) is 0 Å². The largest absolute Gasteiger partial charge is 0.373 e. The van der Waals surface area contributed by atoms with Crippen molar-refractivity contribution >= 4 is 40.7 Å². The van der Waals surface area contributed by atoms with Gasteiger partial charge in [0.2, 0.25) is 3.79 Å². The Morgan fingerprint density at radius 3 is 2.27 bits per heavy atom. The molecule has 0 unspecified atom stereocenters. The molecule has 1 aromatic carbocycles. The molecule has 1 heterocycles. The third-order valence-corrected chi connectivity index (χ3v) is 4.05. The zero-order chi connectivity index (χ0) is 16.3. The van der Waals surface area contributed by atoms with E-state index in [0.29, 0.717) is 18.7 Å². The fourth-order valence-electron chi connectivity index (χ4n) is 2.61. The van der Waals surface area contributed by atoms with Gasteiger partial charge in [0.05, 0.1) is 12.2 Å². The maximum atomic E-state index is 12.4. The minimum absolute atomic E-state index is 0.00669. The smallest absolute Gasteiger partial charge is 0.252 e. The lowest BCUT2D eigenvalue weighted by Gasteiger charge is -2.42. The Morgan fingerprint density at radius 2 is 1.77 bits per heavy atom. The van der Waals surface area contributed by atoms with E-state index in [9.17, 15) is 4.79 Å². The van der Waals surface area contributed by atoms with Gasteiger partial charge in [0.1, 0.15) is 6.17 Å². The number of nitrogens with one attached hydrogen (secondary N) is 1. The Morgan fingerprint density at radius 1 is 1.23 bits per heavy atom. The second kappa shape index (κ2) is 7.37. The number of benzene rings is 1. The van der Waals surface area contributed by atoms with Crippen LogP contribution in [0.2, 0.25) is 0 Å². The molecule has 7 heteroatoms. The number of nitrogens with zero attached hydrogens (tertiary/aromatic N) is 1. The van der Waals surface area contributed by atoms with Gasteiger partial charge in [-0.05, 0) is 26.0 Å². The molecule has 1 N–H and O–H groups in total. The highest BCUT2D eigenvalue weighted by molar-refractivity contribution is 6.68. The number of hydrogen-bond acceptors (Lipinski definition) is 3. The van der Waals surface area contributed by atoms with Crippen LogP contribution in [0.25, 0.3) is 0 Å². The Hall–Kier alpha value is -0.520. The third kappa shape index (κ3) is 4.74. The van der Waals surface area contributed by atoms with Crippen molar-refractivity contribution in [2.45, 2.75) is 36.0 Å². The van der Waals surface area contributed by atoms with Gasteiger partial charge in [-0.2, -0.15) is 0 Å². The number of amides is 1. The molecule has 2 rings (SSSR count). The van der Waals surface area contributed by atoms with E-state index in [1.807, 2.05) is 24.8 Å². The number of rotatable bonds is 3. The molecular weight excluding hydrogens is 347 g/mol. The first-order valence-corrected chi connectivity index (χ1v) is 8.23. The number of carbonyl (C=O) groups excluding carboxylic acids is 1. The van der Waals surface area contributed by atoms with Gasteiger partial charge in [-0.3, -0.25) is 9.69 Å². The van der Waals surface area contributed by atoms with Crippen LogP contribution in [0, 0.1) is 0 Å². The van der Waals surface area contributed by atoms with Crippen LogP contribution in [-0.4, -0.2) is 46.1 Å². The quantitative estimate of drug-likeness (QED) is 0.836. The van der Waals surface area contributed by atoms with Gasteiger partial charge in [-0.25, -0.2) is 0 Å². The first-order valence-electron chi connectivity index (χ1n) is 7.09. The number of halogens is 3. The zero-order valence-corrected chi connectivity index (χ0v) is 14.7. The average Bonchev–Trinajstić information content (AvgIpc) is 2.43. The van der Waals surface area contributed by atoms with Crippen LogP contribution < -0.4 is 5.32 Å². The van der Waals surface area contributed by atoms with E-state index < -0.39 is 9.96 Å². The summed E-state index contributed by atoms with van der Waals surface area (Å²) in [6.07, 6.45) is -0.710. The maximum Gasteiger partial charge on any atom is 0.252 e. The molecule has 0 aliphatic carbocycles. The topological polar surface area (TPSA) is 41.6 Å². The second-order valence-electron chi connectivity index (χ2n) is 5.49. The van der Waals surface area contributed by atoms with E-state index in [4.69, 9.17) is 39.5 Å². The molecule has 122 valence electrons. The van der Waals surface area contributed by atoms with E-state index in [0.717, 1.165) is 0 Å². The van der Waals surface area contributed by atoms with Crippen molar-refractivity contribution in [3.8, 4) is 0 Å². The van der Waals surface area contributed by atoms with E-state index >= 15 is 0 Å². The van der Waals surface area contributed by atoms with Crippen molar-refractivity contribution in [2.75, 3.05) is 13.1 Å². The highest BCUT2D eigenvalue weighted by Gasteiger charge is 2.41. The Balaban J connectivity index is 2.15. The summed E-state index contributed by atoms with van der Waals surface area (Å²) in [5, 5.41) is 2.82. The summed E-state index contributed by atoms with van der Waals surface area (Å²) in [5.74, 6) is -0.274. The summed E-state index contributed by atoms with van der Waals surface area (Å²) < 4.78 is 4.05. The molecule has 0 radical (unpaired) electrons. The lowest BCUT2D eigenvalue weighted by atomic mass is 10.2. The van der Waals surface area contributed by atoms with Crippen molar-refractivity contribution in [1.82, 2.24) is 10.2 Å². The minimum atomic E-state index is -1.64. The summed E-state index contributed by atoms with van der Waals surface area (Å²) in [5.41, 5.74) is 0.524. The SMILES string of the molecule is C[C@@H]1CN([C@H](NC(=O)c2ccccc2)C(Cl)(Cl)Cl)C[C@@H](C)O1. The van der Waals surface area contributed by atoms with Gasteiger partial charge in [-0.15, -0.1) is 0 Å². The highest BCUT2D eigenvalue weighted by atomic mass is 35.6. The van der Waals surface area contributed by atoms with E-state index in [2.05, 4.69) is 5.32 Å². The van der Waals surface area contributed by atoms with Gasteiger partial charge in [0.25, 0.3) is 5.91 Å². The molecule has 0 saturated carbocycles. The first kappa shape index (κ1) is 17.8. The van der Waals surface area contributed by atoms with E-state index in [1.165, 1.54) is 0 Å².